The van der Waals surface area contributed by atoms with Crippen molar-refractivity contribution in [2.24, 2.45) is 0 Å². The maximum absolute atomic E-state index is 13.2. The van der Waals surface area contributed by atoms with E-state index in [1.807, 2.05) is 0 Å². The zero-order valence-corrected chi connectivity index (χ0v) is 11.9. The fourth-order valence-corrected chi connectivity index (χ4v) is 1.96. The minimum atomic E-state index is -2.97. The normalized spacial score (nSPS) is 14.8. The number of nitrogens with one attached hydrogen (secondary N) is 3. The number of rotatable bonds is 4. The molecule has 122 valence electrons. The van der Waals surface area contributed by atoms with E-state index < -0.39 is 24.2 Å². The van der Waals surface area contributed by atoms with Crippen molar-refractivity contribution in [1.29, 1.82) is 0 Å². The largest absolute Gasteiger partial charge is 0.472 e. The maximum Gasteiger partial charge on any atom is 0.278 e. The van der Waals surface area contributed by atoms with Crippen molar-refractivity contribution in [1.82, 2.24) is 20.8 Å². The molecule has 0 saturated heterocycles. The van der Waals surface area contributed by atoms with Crippen LogP contribution in [0, 0.1) is 11.6 Å². The van der Waals surface area contributed by atoms with Gasteiger partial charge in [0.25, 0.3) is 5.92 Å². The van der Waals surface area contributed by atoms with Crippen LogP contribution in [0.1, 0.15) is 12.7 Å². The maximum atomic E-state index is 13.2. The summed E-state index contributed by atoms with van der Waals surface area (Å²) < 4.78 is 57.0. The molecule has 2 aromatic rings. The Morgan fingerprint density at radius 3 is 2.70 bits per heavy atom. The minimum absolute atomic E-state index is 0.0712. The van der Waals surface area contributed by atoms with Gasteiger partial charge in [-0.15, -0.1) is 0 Å². The molecule has 1 aromatic heterocycles. The predicted octanol–water partition coefficient (Wildman–Crippen LogP) is 2.80. The van der Waals surface area contributed by atoms with Gasteiger partial charge < -0.3 is 15.1 Å². The highest BCUT2D eigenvalue weighted by Crippen LogP contribution is 2.22. The number of aromatic amines is 1. The molecule has 0 spiro atoms. The zero-order chi connectivity index (χ0) is 16.6. The lowest BCUT2D eigenvalue weighted by atomic mass is 10.2. The third kappa shape index (κ3) is 3.38. The first kappa shape index (κ1) is 15.2. The monoisotopic (exact) mass is 328 g/mol. The smallest absolute Gasteiger partial charge is 0.278 e. The molecule has 0 atom stereocenters. The zero-order valence-electron chi connectivity index (χ0n) is 11.9. The van der Waals surface area contributed by atoms with E-state index in [1.165, 1.54) is 12.3 Å². The highest BCUT2D eigenvalue weighted by Gasteiger charge is 2.23. The molecule has 0 unspecified atom stereocenters. The van der Waals surface area contributed by atoms with Gasteiger partial charge >= 0.3 is 0 Å². The molecule has 9 heteroatoms. The molecule has 3 N–H and O–H groups in total. The van der Waals surface area contributed by atoms with Crippen LogP contribution in [0.4, 0.5) is 17.6 Å². The summed E-state index contributed by atoms with van der Waals surface area (Å²) in [5.74, 6) is -4.59. The molecular weight excluding hydrogens is 316 g/mol. The summed E-state index contributed by atoms with van der Waals surface area (Å²) in [6.45, 7) is -0.0553. The average Bonchev–Trinajstić information content (AvgIpc) is 2.88. The Morgan fingerprint density at radius 1 is 1.22 bits per heavy atom. The van der Waals surface area contributed by atoms with Crippen molar-refractivity contribution in [2.45, 2.75) is 12.8 Å². The molecule has 5 nitrogen and oxygen atoms in total. The third-order valence-electron chi connectivity index (χ3n) is 2.99. The number of alkyl halides is 2. The van der Waals surface area contributed by atoms with Crippen molar-refractivity contribution in [2.75, 3.05) is 6.61 Å². The number of hydrogen-bond acceptors (Lipinski definition) is 4. The van der Waals surface area contributed by atoms with E-state index in [2.05, 4.69) is 20.8 Å². The number of allylic oxidation sites excluding steroid dienone is 2. The topological polar surface area (TPSA) is 62.0 Å². The fourth-order valence-electron chi connectivity index (χ4n) is 1.96. The Kier molecular flexibility index (Phi) is 3.63. The number of halogens is 4. The summed E-state index contributed by atoms with van der Waals surface area (Å²) in [5, 5.41) is 0. The minimum Gasteiger partial charge on any atom is -0.472 e. The van der Waals surface area contributed by atoms with Crippen molar-refractivity contribution < 1.29 is 22.3 Å². The van der Waals surface area contributed by atoms with E-state index in [0.29, 0.717) is 16.9 Å². The highest BCUT2D eigenvalue weighted by molar-refractivity contribution is 5.81. The Balaban J connectivity index is 1.86. The first-order valence-corrected chi connectivity index (χ1v) is 6.61. The van der Waals surface area contributed by atoms with E-state index in [4.69, 9.17) is 4.74 Å². The highest BCUT2D eigenvalue weighted by atomic mass is 19.3. The second-order valence-electron chi connectivity index (χ2n) is 5.11. The number of aromatic nitrogens is 2. The van der Waals surface area contributed by atoms with Crippen molar-refractivity contribution >= 4 is 16.6 Å². The van der Waals surface area contributed by atoms with Gasteiger partial charge in [0.05, 0.1) is 11.0 Å². The number of benzene rings is 1. The van der Waals surface area contributed by atoms with Crippen LogP contribution in [0.2, 0.25) is 0 Å². The second-order valence-corrected chi connectivity index (χ2v) is 5.11. The van der Waals surface area contributed by atoms with Gasteiger partial charge in [0.1, 0.15) is 5.82 Å². The summed E-state index contributed by atoms with van der Waals surface area (Å²) >= 11 is 0. The molecule has 0 amide bonds. The summed E-state index contributed by atoms with van der Waals surface area (Å²) in [7, 11) is 0. The van der Waals surface area contributed by atoms with Gasteiger partial charge in [0.2, 0.25) is 5.88 Å². The van der Waals surface area contributed by atoms with Crippen LogP contribution < -0.4 is 10.9 Å². The summed E-state index contributed by atoms with van der Waals surface area (Å²) in [6.07, 6.45) is 2.94. The number of fused-ring (bicyclic) bond motifs is 1. The van der Waals surface area contributed by atoms with E-state index >= 15 is 0 Å². The molecule has 0 aliphatic carbocycles. The third-order valence-corrected chi connectivity index (χ3v) is 2.99. The lowest BCUT2D eigenvalue weighted by molar-refractivity contribution is -0.0476. The van der Waals surface area contributed by atoms with Crippen molar-refractivity contribution in [3.05, 3.63) is 47.8 Å². The van der Waals surface area contributed by atoms with Crippen molar-refractivity contribution in [3.8, 4) is 0 Å². The van der Waals surface area contributed by atoms with Crippen LogP contribution >= 0.6 is 0 Å². The Hall–Kier alpha value is -2.71. The molecule has 0 fully saturated rings. The summed E-state index contributed by atoms with van der Waals surface area (Å²) in [6, 6.07) is 1.97. The number of hydrazine groups is 1. The molecule has 0 radical (unpaired) electrons. The van der Waals surface area contributed by atoms with Crippen LogP contribution in [-0.2, 0) is 4.74 Å². The van der Waals surface area contributed by atoms with E-state index in [-0.39, 0.29) is 11.4 Å². The average molecular weight is 328 g/mol. The lowest BCUT2D eigenvalue weighted by Gasteiger charge is -2.19. The van der Waals surface area contributed by atoms with Gasteiger partial charge in [-0.05, 0) is 0 Å². The fraction of sp³-hybridized carbons (Fsp3) is 0.214. The first-order chi connectivity index (χ1) is 10.8. The molecule has 2 heterocycles. The molecular formula is C14H12F4N4O. The number of ether oxygens (including phenoxy) is 1. The molecule has 3 rings (SSSR count). The number of nitrogens with zero attached hydrogens (tertiary/aromatic N) is 1. The van der Waals surface area contributed by atoms with E-state index in [0.717, 1.165) is 19.1 Å². The van der Waals surface area contributed by atoms with Gasteiger partial charge in [-0.3, -0.25) is 5.43 Å². The van der Waals surface area contributed by atoms with Crippen LogP contribution in [0.3, 0.4) is 0 Å². The number of imidazole rings is 1. The standard InChI is InChI=1S/C14H12F4N4O/c1-14(17,18)6-23-12-2-7(5-19-22-12)13-20-10-3-8(15)9(16)4-11(10)21-13/h2-5,19,22H,6H2,1H3,(H,20,21). The molecule has 1 aliphatic rings. The van der Waals surface area contributed by atoms with Gasteiger partial charge in [-0.2, -0.15) is 0 Å². The van der Waals surface area contributed by atoms with Crippen molar-refractivity contribution in [3.63, 3.8) is 0 Å². The van der Waals surface area contributed by atoms with Gasteiger partial charge in [0.15, 0.2) is 18.2 Å². The van der Waals surface area contributed by atoms with Crippen LogP contribution in [0.15, 0.2) is 30.3 Å². The van der Waals surface area contributed by atoms with E-state index in [1.54, 1.807) is 0 Å². The van der Waals surface area contributed by atoms with Gasteiger partial charge in [-0.1, -0.05) is 0 Å². The predicted molar refractivity (Wildman–Crippen MR) is 74.9 cm³/mol. The summed E-state index contributed by atoms with van der Waals surface area (Å²) in [4.78, 5) is 6.96. The van der Waals surface area contributed by atoms with Crippen LogP contribution in [0.25, 0.3) is 16.6 Å². The number of hydrogen-bond donors (Lipinski definition) is 3. The molecule has 0 bridgehead atoms. The lowest BCUT2D eigenvalue weighted by Crippen LogP contribution is -2.32. The molecule has 1 aromatic carbocycles. The Labute approximate surface area is 128 Å². The molecule has 23 heavy (non-hydrogen) atoms. The molecule has 0 saturated carbocycles. The second kappa shape index (κ2) is 5.49. The first-order valence-electron chi connectivity index (χ1n) is 6.61. The summed E-state index contributed by atoms with van der Waals surface area (Å²) in [5.41, 5.74) is 6.22. The quantitative estimate of drug-likeness (QED) is 0.755. The van der Waals surface area contributed by atoms with Gasteiger partial charge in [0, 0.05) is 36.9 Å². The van der Waals surface area contributed by atoms with Gasteiger partial charge in [-0.25, -0.2) is 22.5 Å². The van der Waals surface area contributed by atoms with Crippen LogP contribution in [0.5, 0.6) is 0 Å². The Bertz CT molecular complexity index is 768. The Morgan fingerprint density at radius 2 is 1.96 bits per heavy atom. The SMILES string of the molecule is CC(F)(F)COC1=CC(c2nc3cc(F)c(F)cc3[nH]2)=CNN1. The molecule has 1 aliphatic heterocycles. The van der Waals surface area contributed by atoms with Crippen LogP contribution in [-0.4, -0.2) is 22.5 Å². The van der Waals surface area contributed by atoms with E-state index in [9.17, 15) is 17.6 Å². The number of H-pyrrole nitrogens is 1.